The van der Waals surface area contributed by atoms with Crippen molar-refractivity contribution in [3.05, 3.63) is 23.7 Å². The van der Waals surface area contributed by atoms with Gasteiger partial charge < -0.3 is 14.6 Å². The van der Waals surface area contributed by atoms with E-state index in [1.54, 1.807) is 0 Å². The maximum atomic E-state index is 12.2. The van der Waals surface area contributed by atoms with Crippen LogP contribution in [-0.2, 0) is 14.3 Å². The van der Waals surface area contributed by atoms with Crippen LogP contribution in [0.3, 0.4) is 0 Å². The zero-order valence-corrected chi connectivity index (χ0v) is 9.79. The van der Waals surface area contributed by atoms with Gasteiger partial charge in [-0.15, -0.1) is 0 Å². The topological polar surface area (TPSA) is 55.8 Å². The van der Waals surface area contributed by atoms with Crippen LogP contribution in [-0.4, -0.2) is 30.7 Å². The van der Waals surface area contributed by atoms with Crippen molar-refractivity contribution in [2.75, 3.05) is 14.2 Å². The van der Waals surface area contributed by atoms with Crippen molar-refractivity contribution in [3.63, 3.8) is 0 Å². The molecular formula is C12H16O4. The van der Waals surface area contributed by atoms with Crippen molar-refractivity contribution >= 4 is 5.78 Å². The molecule has 2 atom stereocenters. The van der Waals surface area contributed by atoms with Gasteiger partial charge in [0.2, 0.25) is 11.5 Å². The average molecular weight is 224 g/mol. The van der Waals surface area contributed by atoms with Gasteiger partial charge >= 0.3 is 0 Å². The Morgan fingerprint density at radius 1 is 1.38 bits per heavy atom. The second-order valence-electron chi connectivity index (χ2n) is 4.54. The second-order valence-corrected chi connectivity index (χ2v) is 4.54. The average Bonchev–Trinajstić information content (AvgIpc) is 2.59. The Kier molecular flexibility index (Phi) is 2.17. The highest BCUT2D eigenvalue weighted by atomic mass is 16.5. The minimum absolute atomic E-state index is 0.119. The summed E-state index contributed by atoms with van der Waals surface area (Å²) in [6.45, 7) is 5.61. The Morgan fingerprint density at radius 2 is 2.00 bits per heavy atom. The monoisotopic (exact) mass is 224 g/mol. The number of aliphatic hydroxyl groups is 1. The fourth-order valence-corrected chi connectivity index (χ4v) is 2.86. The molecule has 88 valence electrons. The van der Waals surface area contributed by atoms with E-state index in [4.69, 9.17) is 9.47 Å². The molecule has 0 bridgehead atoms. The number of fused-ring (bicyclic) bond motifs is 1. The van der Waals surface area contributed by atoms with Gasteiger partial charge in [-0.2, -0.15) is 0 Å². The number of carbonyl (C=O) groups is 1. The highest BCUT2D eigenvalue weighted by Gasteiger charge is 2.67. The van der Waals surface area contributed by atoms with Crippen LogP contribution in [0, 0.1) is 5.41 Å². The molecule has 0 unspecified atom stereocenters. The minimum Gasteiger partial charge on any atom is -0.496 e. The molecule has 2 aliphatic rings. The molecule has 1 N–H and O–H groups in total. The summed E-state index contributed by atoms with van der Waals surface area (Å²) in [6.07, 6.45) is 1.27. The number of Topliss-reactive ketones (excluding diaryl/α,β-unsaturated/α-hetero) is 1. The number of hydrogen-bond acceptors (Lipinski definition) is 4. The Balaban J connectivity index is 2.65. The van der Waals surface area contributed by atoms with Gasteiger partial charge in [-0.05, 0) is 25.3 Å². The van der Waals surface area contributed by atoms with Crippen molar-refractivity contribution in [3.8, 4) is 0 Å². The van der Waals surface area contributed by atoms with Crippen LogP contribution < -0.4 is 0 Å². The predicted octanol–water partition coefficient (Wildman–Crippen LogP) is 1.16. The SMILES string of the molecule is C=C1CC[C@]2(C)C(OC)=C(OC)C(=O)[C@]12O. The summed E-state index contributed by atoms with van der Waals surface area (Å²) in [4.78, 5) is 12.2. The Labute approximate surface area is 94.5 Å². The van der Waals surface area contributed by atoms with Gasteiger partial charge in [-0.3, -0.25) is 4.79 Å². The van der Waals surface area contributed by atoms with E-state index in [9.17, 15) is 9.90 Å². The van der Waals surface area contributed by atoms with E-state index in [-0.39, 0.29) is 5.76 Å². The molecule has 0 spiro atoms. The Hall–Kier alpha value is -1.29. The van der Waals surface area contributed by atoms with E-state index < -0.39 is 16.8 Å². The molecule has 4 nitrogen and oxygen atoms in total. The summed E-state index contributed by atoms with van der Waals surface area (Å²) in [6, 6.07) is 0. The molecule has 0 aromatic rings. The van der Waals surface area contributed by atoms with Crippen molar-refractivity contribution in [1.29, 1.82) is 0 Å². The summed E-state index contributed by atoms with van der Waals surface area (Å²) in [7, 11) is 2.89. The lowest BCUT2D eigenvalue weighted by Gasteiger charge is -2.32. The molecule has 0 heterocycles. The van der Waals surface area contributed by atoms with Gasteiger partial charge in [0.15, 0.2) is 11.4 Å². The quantitative estimate of drug-likeness (QED) is 0.715. The molecule has 4 heteroatoms. The zero-order chi connectivity index (χ0) is 12.1. The molecule has 0 aliphatic heterocycles. The van der Waals surface area contributed by atoms with E-state index >= 15 is 0 Å². The first-order chi connectivity index (χ1) is 7.43. The molecule has 0 amide bonds. The number of ether oxygens (including phenoxy) is 2. The number of rotatable bonds is 2. The molecule has 1 saturated carbocycles. The van der Waals surface area contributed by atoms with Crippen molar-refractivity contribution in [1.82, 2.24) is 0 Å². The van der Waals surface area contributed by atoms with Gasteiger partial charge in [-0.1, -0.05) is 6.58 Å². The maximum absolute atomic E-state index is 12.2. The largest absolute Gasteiger partial charge is 0.496 e. The van der Waals surface area contributed by atoms with Gasteiger partial charge in [0.05, 0.1) is 19.6 Å². The number of carbonyl (C=O) groups excluding carboxylic acids is 1. The highest BCUT2D eigenvalue weighted by molar-refractivity contribution is 6.07. The molecule has 1 fully saturated rings. The van der Waals surface area contributed by atoms with Crippen LogP contribution in [0.25, 0.3) is 0 Å². The third-order valence-corrected chi connectivity index (χ3v) is 3.89. The van der Waals surface area contributed by atoms with E-state index in [0.29, 0.717) is 24.2 Å². The van der Waals surface area contributed by atoms with Gasteiger partial charge in [-0.25, -0.2) is 0 Å². The lowest BCUT2D eigenvalue weighted by molar-refractivity contribution is -0.136. The van der Waals surface area contributed by atoms with Gasteiger partial charge in [0.1, 0.15) is 0 Å². The zero-order valence-electron chi connectivity index (χ0n) is 9.79. The summed E-state index contributed by atoms with van der Waals surface area (Å²) in [5, 5.41) is 10.6. The number of methoxy groups -OCH3 is 2. The fourth-order valence-electron chi connectivity index (χ4n) is 2.86. The molecular weight excluding hydrogens is 208 g/mol. The maximum Gasteiger partial charge on any atom is 0.237 e. The Bertz CT molecular complexity index is 409. The smallest absolute Gasteiger partial charge is 0.237 e. The van der Waals surface area contributed by atoms with Crippen molar-refractivity contribution in [2.45, 2.75) is 25.4 Å². The number of hydrogen-bond donors (Lipinski definition) is 1. The summed E-state index contributed by atoms with van der Waals surface area (Å²) >= 11 is 0. The minimum atomic E-state index is -1.55. The van der Waals surface area contributed by atoms with Crippen LogP contribution in [0.15, 0.2) is 23.7 Å². The number of ketones is 1. The first kappa shape index (κ1) is 11.2. The first-order valence-corrected chi connectivity index (χ1v) is 5.21. The van der Waals surface area contributed by atoms with Gasteiger partial charge in [0, 0.05) is 0 Å². The summed E-state index contributed by atoms with van der Waals surface area (Å²) in [5.41, 5.74) is -1.74. The van der Waals surface area contributed by atoms with Crippen LogP contribution in [0.4, 0.5) is 0 Å². The van der Waals surface area contributed by atoms with E-state index in [1.165, 1.54) is 14.2 Å². The van der Waals surface area contributed by atoms with Crippen LogP contribution in [0.2, 0.25) is 0 Å². The molecule has 0 aromatic carbocycles. The third kappa shape index (κ3) is 0.912. The van der Waals surface area contributed by atoms with Crippen LogP contribution >= 0.6 is 0 Å². The van der Waals surface area contributed by atoms with Crippen molar-refractivity contribution in [2.24, 2.45) is 5.41 Å². The predicted molar refractivity (Wildman–Crippen MR) is 57.5 cm³/mol. The lowest BCUT2D eigenvalue weighted by Crippen LogP contribution is -2.46. The molecule has 2 rings (SSSR count). The normalized spacial score (nSPS) is 38.0. The standard InChI is InChI=1S/C12H16O4/c1-7-5-6-11(2)10(16-4)8(15-3)9(13)12(7,11)14/h14H,1,5-6H2,2-4H3/t11-,12-/m1/s1. The highest BCUT2D eigenvalue weighted by Crippen LogP contribution is 2.59. The summed E-state index contributed by atoms with van der Waals surface area (Å²) in [5.74, 6) is 0.117. The van der Waals surface area contributed by atoms with Crippen LogP contribution in [0.1, 0.15) is 19.8 Å². The molecule has 0 radical (unpaired) electrons. The first-order valence-electron chi connectivity index (χ1n) is 5.21. The Morgan fingerprint density at radius 3 is 2.50 bits per heavy atom. The van der Waals surface area contributed by atoms with E-state index in [0.717, 1.165) is 0 Å². The van der Waals surface area contributed by atoms with Crippen LogP contribution in [0.5, 0.6) is 0 Å². The second kappa shape index (κ2) is 3.10. The van der Waals surface area contributed by atoms with Gasteiger partial charge in [0.25, 0.3) is 0 Å². The molecule has 0 aromatic heterocycles. The molecule has 16 heavy (non-hydrogen) atoms. The van der Waals surface area contributed by atoms with E-state index in [2.05, 4.69) is 6.58 Å². The third-order valence-electron chi connectivity index (χ3n) is 3.89. The summed E-state index contributed by atoms with van der Waals surface area (Å²) < 4.78 is 10.3. The lowest BCUT2D eigenvalue weighted by atomic mass is 9.76. The fraction of sp³-hybridized carbons (Fsp3) is 0.583. The van der Waals surface area contributed by atoms with E-state index in [1.807, 2.05) is 6.92 Å². The molecule has 2 aliphatic carbocycles. The molecule has 0 saturated heterocycles. The van der Waals surface area contributed by atoms with Crippen molar-refractivity contribution < 1.29 is 19.4 Å².